The Morgan fingerprint density at radius 1 is 1.05 bits per heavy atom. The second kappa shape index (κ2) is 5.35. The number of benzene rings is 2. The smallest absolute Gasteiger partial charge is 0.185 e. The van der Waals surface area contributed by atoms with Crippen LogP contribution in [0.2, 0.25) is 0 Å². The van der Waals surface area contributed by atoms with Gasteiger partial charge in [0, 0.05) is 11.1 Å². The van der Waals surface area contributed by atoms with Crippen LogP contribution in [0, 0.1) is 5.82 Å². The molecule has 0 aromatic heterocycles. The summed E-state index contributed by atoms with van der Waals surface area (Å²) in [6, 6.07) is 9.17. The lowest BCUT2D eigenvalue weighted by atomic mass is 10.1. The fourth-order valence-corrected chi connectivity index (χ4v) is 1.55. The minimum atomic E-state index is -0.411. The van der Waals surface area contributed by atoms with Crippen LogP contribution in [-0.4, -0.2) is 16.0 Å². The molecule has 0 aliphatic rings. The van der Waals surface area contributed by atoms with Crippen LogP contribution in [0.4, 0.5) is 4.39 Å². The summed E-state index contributed by atoms with van der Waals surface area (Å²) in [6.45, 7) is 0. The molecule has 0 atom stereocenters. The number of carbonyl (C=O) groups is 1. The Hall–Kier alpha value is -2.62. The van der Waals surface area contributed by atoms with E-state index in [1.807, 2.05) is 0 Å². The highest BCUT2D eigenvalue weighted by molar-refractivity contribution is 6.06. The fraction of sp³-hybridized carbons (Fsp3) is 0. The summed E-state index contributed by atoms with van der Waals surface area (Å²) in [4.78, 5) is 11.8. The van der Waals surface area contributed by atoms with E-state index in [4.69, 9.17) is 0 Å². The summed E-state index contributed by atoms with van der Waals surface area (Å²) in [5, 5.41) is 18.8. The Morgan fingerprint density at radius 2 is 1.74 bits per heavy atom. The van der Waals surface area contributed by atoms with E-state index in [1.165, 1.54) is 54.6 Å². The molecule has 19 heavy (non-hydrogen) atoms. The van der Waals surface area contributed by atoms with Crippen LogP contribution in [0.1, 0.15) is 15.9 Å². The molecule has 0 aliphatic carbocycles. The summed E-state index contributed by atoms with van der Waals surface area (Å²) in [5.41, 5.74) is 0.674. The van der Waals surface area contributed by atoms with E-state index >= 15 is 0 Å². The SMILES string of the molecule is O=C(C=Cc1cc(O)ccc1O)c1ccc(F)cc1. The topological polar surface area (TPSA) is 57.5 Å². The van der Waals surface area contributed by atoms with E-state index in [1.54, 1.807) is 0 Å². The molecule has 0 amide bonds. The quantitative estimate of drug-likeness (QED) is 0.505. The van der Waals surface area contributed by atoms with E-state index in [9.17, 15) is 19.4 Å². The highest BCUT2D eigenvalue weighted by Gasteiger charge is 2.03. The molecule has 0 bridgehead atoms. The number of hydrogen-bond donors (Lipinski definition) is 2. The van der Waals surface area contributed by atoms with Crippen molar-refractivity contribution in [1.29, 1.82) is 0 Å². The molecule has 2 aromatic carbocycles. The van der Waals surface area contributed by atoms with Crippen LogP contribution in [0.5, 0.6) is 11.5 Å². The van der Waals surface area contributed by atoms with Gasteiger partial charge in [0.2, 0.25) is 0 Å². The molecule has 0 aliphatic heterocycles. The van der Waals surface area contributed by atoms with Gasteiger partial charge >= 0.3 is 0 Å². The van der Waals surface area contributed by atoms with Gasteiger partial charge in [-0.2, -0.15) is 0 Å². The first-order valence-electron chi connectivity index (χ1n) is 5.56. The lowest BCUT2D eigenvalue weighted by Gasteiger charge is -2.00. The standard InChI is InChI=1S/C15H11FO3/c16-12-4-1-10(2-5-12)14(18)7-3-11-9-13(17)6-8-15(11)19/h1-9,17,19H. The van der Waals surface area contributed by atoms with E-state index < -0.39 is 5.82 Å². The molecule has 2 aromatic rings. The maximum Gasteiger partial charge on any atom is 0.185 e. The molecule has 96 valence electrons. The van der Waals surface area contributed by atoms with Gasteiger partial charge in [0.1, 0.15) is 17.3 Å². The molecule has 0 saturated heterocycles. The van der Waals surface area contributed by atoms with Crippen LogP contribution in [0.25, 0.3) is 6.08 Å². The zero-order valence-corrected chi connectivity index (χ0v) is 9.88. The van der Waals surface area contributed by atoms with Crippen LogP contribution >= 0.6 is 0 Å². The Bertz CT molecular complexity index is 630. The molecule has 4 heteroatoms. The summed E-state index contributed by atoms with van der Waals surface area (Å²) in [7, 11) is 0. The third-order valence-electron chi connectivity index (χ3n) is 2.55. The number of phenols is 2. The number of rotatable bonds is 3. The first-order chi connectivity index (χ1) is 9.06. The molecule has 0 radical (unpaired) electrons. The Morgan fingerprint density at radius 3 is 2.42 bits per heavy atom. The molecule has 3 nitrogen and oxygen atoms in total. The summed E-state index contributed by atoms with van der Waals surface area (Å²) < 4.78 is 12.7. The maximum atomic E-state index is 12.7. The largest absolute Gasteiger partial charge is 0.508 e. The normalized spacial score (nSPS) is 10.8. The van der Waals surface area contributed by atoms with Crippen LogP contribution < -0.4 is 0 Å². The number of carbonyl (C=O) groups excluding carboxylic acids is 1. The fourth-order valence-electron chi connectivity index (χ4n) is 1.55. The van der Waals surface area contributed by atoms with Crippen molar-refractivity contribution >= 4 is 11.9 Å². The zero-order chi connectivity index (χ0) is 13.8. The van der Waals surface area contributed by atoms with Crippen molar-refractivity contribution in [2.24, 2.45) is 0 Å². The van der Waals surface area contributed by atoms with Gasteiger partial charge in [-0.1, -0.05) is 0 Å². The van der Waals surface area contributed by atoms with Crippen molar-refractivity contribution in [1.82, 2.24) is 0 Å². The van der Waals surface area contributed by atoms with E-state index in [2.05, 4.69) is 0 Å². The molecule has 0 unspecified atom stereocenters. The maximum absolute atomic E-state index is 12.7. The minimum absolute atomic E-state index is 0.00770. The highest BCUT2D eigenvalue weighted by Crippen LogP contribution is 2.23. The van der Waals surface area contributed by atoms with Crippen LogP contribution in [0.15, 0.2) is 48.5 Å². The lowest BCUT2D eigenvalue weighted by molar-refractivity contribution is 0.104. The van der Waals surface area contributed by atoms with Gasteiger partial charge in [-0.15, -0.1) is 0 Å². The van der Waals surface area contributed by atoms with Gasteiger partial charge in [-0.05, 0) is 54.6 Å². The Labute approximate surface area is 109 Å². The minimum Gasteiger partial charge on any atom is -0.508 e. The van der Waals surface area contributed by atoms with Gasteiger partial charge in [-0.25, -0.2) is 4.39 Å². The lowest BCUT2D eigenvalue weighted by Crippen LogP contribution is -1.93. The Balaban J connectivity index is 2.20. The first-order valence-corrected chi connectivity index (χ1v) is 5.56. The monoisotopic (exact) mass is 258 g/mol. The van der Waals surface area contributed by atoms with Crippen molar-refractivity contribution in [2.45, 2.75) is 0 Å². The van der Waals surface area contributed by atoms with Gasteiger partial charge < -0.3 is 10.2 Å². The number of aromatic hydroxyl groups is 2. The summed E-state index contributed by atoms with van der Waals surface area (Å²) in [5.74, 6) is -0.776. The number of allylic oxidation sites excluding steroid dienone is 1. The molecule has 0 saturated carbocycles. The first kappa shape index (κ1) is 12.8. The van der Waals surface area contributed by atoms with Gasteiger partial charge in [0.25, 0.3) is 0 Å². The number of hydrogen-bond acceptors (Lipinski definition) is 3. The van der Waals surface area contributed by atoms with Crippen molar-refractivity contribution in [3.8, 4) is 11.5 Å². The molecular weight excluding hydrogens is 247 g/mol. The second-order valence-corrected chi connectivity index (χ2v) is 3.95. The summed E-state index contributed by atoms with van der Waals surface area (Å²) in [6.07, 6.45) is 2.64. The third kappa shape index (κ3) is 3.19. The average Bonchev–Trinajstić information content (AvgIpc) is 2.40. The highest BCUT2D eigenvalue weighted by atomic mass is 19.1. The third-order valence-corrected chi connectivity index (χ3v) is 2.55. The van der Waals surface area contributed by atoms with Crippen molar-refractivity contribution in [3.63, 3.8) is 0 Å². The molecule has 2 N–H and O–H groups in total. The summed E-state index contributed by atoms with van der Waals surface area (Å²) >= 11 is 0. The van der Waals surface area contributed by atoms with Crippen LogP contribution in [0.3, 0.4) is 0 Å². The predicted molar refractivity (Wildman–Crippen MR) is 69.5 cm³/mol. The van der Waals surface area contributed by atoms with E-state index in [0.717, 1.165) is 0 Å². The van der Waals surface area contributed by atoms with Crippen LogP contribution in [-0.2, 0) is 0 Å². The predicted octanol–water partition coefficient (Wildman–Crippen LogP) is 3.13. The number of phenolic OH excluding ortho intramolecular Hbond substituents is 2. The number of ketones is 1. The van der Waals surface area contributed by atoms with Gasteiger partial charge in [0.05, 0.1) is 0 Å². The molecule has 0 fully saturated rings. The molecule has 0 heterocycles. The molecule has 0 spiro atoms. The average molecular weight is 258 g/mol. The van der Waals surface area contributed by atoms with Gasteiger partial charge in [-0.3, -0.25) is 4.79 Å². The van der Waals surface area contributed by atoms with Crippen molar-refractivity contribution in [3.05, 3.63) is 65.5 Å². The number of halogens is 1. The molecular formula is C15H11FO3. The second-order valence-electron chi connectivity index (χ2n) is 3.95. The molecule has 2 rings (SSSR count). The van der Waals surface area contributed by atoms with E-state index in [-0.39, 0.29) is 17.3 Å². The van der Waals surface area contributed by atoms with Crippen molar-refractivity contribution in [2.75, 3.05) is 0 Å². The van der Waals surface area contributed by atoms with Gasteiger partial charge in [0.15, 0.2) is 5.78 Å². The van der Waals surface area contributed by atoms with Crippen molar-refractivity contribution < 1.29 is 19.4 Å². The Kier molecular flexibility index (Phi) is 3.61. The van der Waals surface area contributed by atoms with E-state index in [0.29, 0.717) is 11.1 Å². The zero-order valence-electron chi connectivity index (χ0n) is 9.88.